The first-order valence-electron chi connectivity index (χ1n) is 9.74. The minimum absolute atomic E-state index is 0.0710. The molecule has 6 nitrogen and oxygen atoms in total. The number of hydrogen-bond acceptors (Lipinski definition) is 6. The van der Waals surface area contributed by atoms with Crippen LogP contribution in [0, 0.1) is 0 Å². The smallest absolute Gasteiger partial charge is 0.240 e. The van der Waals surface area contributed by atoms with Gasteiger partial charge in [-0.15, -0.1) is 10.2 Å². The monoisotopic (exact) mass is 418 g/mol. The van der Waals surface area contributed by atoms with Gasteiger partial charge in [-0.2, -0.15) is 0 Å². The van der Waals surface area contributed by atoms with Crippen LogP contribution < -0.4 is 4.90 Å². The molecular weight excluding hydrogens is 392 g/mol. The van der Waals surface area contributed by atoms with Crippen molar-refractivity contribution in [2.75, 3.05) is 18.0 Å². The Hall–Kier alpha value is -1.93. The highest BCUT2D eigenvalue weighted by molar-refractivity contribution is 8.01. The standard InChI is InChI=1S/C20H26N4O2S2/c1-4-16(25)24(15-12-13-15)19-21-22-20(28-19)27-17(14-10-8-7-9-11-14)18(26)23(5-2)6-3/h7-11,15,17H,4-6,12-13H2,1-3H3. The third-order valence-corrected chi connectivity index (χ3v) is 6.95. The predicted molar refractivity (Wildman–Crippen MR) is 114 cm³/mol. The van der Waals surface area contributed by atoms with Crippen molar-refractivity contribution in [1.29, 1.82) is 0 Å². The zero-order valence-electron chi connectivity index (χ0n) is 16.5. The second kappa shape index (κ2) is 9.52. The van der Waals surface area contributed by atoms with Crippen LogP contribution in [0.5, 0.6) is 0 Å². The maximum Gasteiger partial charge on any atom is 0.240 e. The van der Waals surface area contributed by atoms with Crippen molar-refractivity contribution in [3.05, 3.63) is 35.9 Å². The van der Waals surface area contributed by atoms with Crippen LogP contribution in [0.4, 0.5) is 5.13 Å². The summed E-state index contributed by atoms with van der Waals surface area (Å²) < 4.78 is 0.707. The number of thioether (sulfide) groups is 1. The van der Waals surface area contributed by atoms with Gasteiger partial charge < -0.3 is 4.90 Å². The summed E-state index contributed by atoms with van der Waals surface area (Å²) >= 11 is 2.81. The number of carbonyl (C=O) groups excluding carboxylic acids is 2. The average Bonchev–Trinajstić information content (AvgIpc) is 3.45. The second-order valence-electron chi connectivity index (χ2n) is 6.62. The molecule has 1 unspecified atom stereocenters. The Balaban J connectivity index is 1.84. The molecule has 0 radical (unpaired) electrons. The van der Waals surface area contributed by atoms with Gasteiger partial charge in [0.2, 0.25) is 16.9 Å². The first-order valence-corrected chi connectivity index (χ1v) is 11.4. The van der Waals surface area contributed by atoms with Crippen LogP contribution >= 0.6 is 23.1 Å². The van der Waals surface area contributed by atoms with Gasteiger partial charge in [-0.3, -0.25) is 14.5 Å². The van der Waals surface area contributed by atoms with Gasteiger partial charge in [0.05, 0.1) is 0 Å². The van der Waals surface area contributed by atoms with Crippen molar-refractivity contribution in [2.24, 2.45) is 0 Å². The molecular formula is C20H26N4O2S2. The van der Waals surface area contributed by atoms with E-state index < -0.39 is 0 Å². The Kier molecular flexibility index (Phi) is 7.07. The lowest BCUT2D eigenvalue weighted by Gasteiger charge is -2.24. The molecule has 0 spiro atoms. The number of hydrogen-bond donors (Lipinski definition) is 0. The Morgan fingerprint density at radius 2 is 1.82 bits per heavy atom. The number of carbonyl (C=O) groups is 2. The highest BCUT2D eigenvalue weighted by Gasteiger charge is 2.35. The van der Waals surface area contributed by atoms with Gasteiger partial charge in [0, 0.05) is 25.6 Å². The van der Waals surface area contributed by atoms with E-state index in [1.54, 1.807) is 4.90 Å². The molecule has 3 rings (SSSR count). The summed E-state index contributed by atoms with van der Waals surface area (Å²) in [6.07, 6.45) is 2.48. The minimum atomic E-state index is -0.377. The normalized spacial score (nSPS) is 14.5. The molecule has 1 aliphatic rings. The fourth-order valence-corrected chi connectivity index (χ4v) is 5.21. The van der Waals surface area contributed by atoms with Gasteiger partial charge in [-0.05, 0) is 32.3 Å². The van der Waals surface area contributed by atoms with E-state index in [0.29, 0.717) is 29.0 Å². The molecule has 1 aromatic carbocycles. The molecule has 1 aromatic heterocycles. The number of nitrogens with zero attached hydrogens (tertiary/aromatic N) is 4. The van der Waals surface area contributed by atoms with Crippen LogP contribution in [0.3, 0.4) is 0 Å². The van der Waals surface area contributed by atoms with Crippen LogP contribution in [0.25, 0.3) is 0 Å². The van der Waals surface area contributed by atoms with Crippen molar-refractivity contribution in [3.8, 4) is 0 Å². The molecule has 1 heterocycles. The summed E-state index contributed by atoms with van der Waals surface area (Å²) in [5.41, 5.74) is 0.949. The number of rotatable bonds is 9. The summed E-state index contributed by atoms with van der Waals surface area (Å²) in [7, 11) is 0. The van der Waals surface area contributed by atoms with Crippen molar-refractivity contribution in [3.63, 3.8) is 0 Å². The zero-order chi connectivity index (χ0) is 20.1. The molecule has 1 aliphatic carbocycles. The highest BCUT2D eigenvalue weighted by Crippen LogP contribution is 2.41. The Morgan fingerprint density at radius 3 is 2.39 bits per heavy atom. The van der Waals surface area contributed by atoms with Crippen molar-refractivity contribution in [2.45, 2.75) is 55.7 Å². The molecule has 2 aromatic rings. The molecule has 1 atom stereocenters. The van der Waals surface area contributed by atoms with Crippen LogP contribution in [-0.4, -0.2) is 46.0 Å². The number of aromatic nitrogens is 2. The third kappa shape index (κ3) is 4.72. The lowest BCUT2D eigenvalue weighted by atomic mass is 10.1. The van der Waals surface area contributed by atoms with E-state index >= 15 is 0 Å². The van der Waals surface area contributed by atoms with E-state index in [-0.39, 0.29) is 23.1 Å². The van der Waals surface area contributed by atoms with E-state index in [9.17, 15) is 9.59 Å². The lowest BCUT2D eigenvalue weighted by Crippen LogP contribution is -2.33. The van der Waals surface area contributed by atoms with Gasteiger partial charge in [0.1, 0.15) is 5.25 Å². The van der Waals surface area contributed by atoms with Crippen molar-refractivity contribution >= 4 is 40.0 Å². The fraction of sp³-hybridized carbons (Fsp3) is 0.500. The Bertz CT molecular complexity index is 804. The molecule has 2 amide bonds. The van der Waals surface area contributed by atoms with E-state index in [2.05, 4.69) is 10.2 Å². The molecule has 0 N–H and O–H groups in total. The maximum absolute atomic E-state index is 13.1. The fourth-order valence-electron chi connectivity index (χ4n) is 3.01. The summed E-state index contributed by atoms with van der Waals surface area (Å²) in [6.45, 7) is 7.17. The quantitative estimate of drug-likeness (QED) is 0.452. The van der Waals surface area contributed by atoms with E-state index in [4.69, 9.17) is 0 Å². The van der Waals surface area contributed by atoms with Crippen LogP contribution in [0.2, 0.25) is 0 Å². The summed E-state index contributed by atoms with van der Waals surface area (Å²) in [4.78, 5) is 29.1. The Morgan fingerprint density at radius 1 is 1.14 bits per heavy atom. The molecule has 150 valence electrons. The number of benzene rings is 1. The summed E-state index contributed by atoms with van der Waals surface area (Å²) in [6, 6.07) is 10.0. The number of amides is 2. The highest BCUT2D eigenvalue weighted by atomic mass is 32.2. The average molecular weight is 419 g/mol. The first kappa shape index (κ1) is 20.8. The van der Waals surface area contributed by atoms with Gasteiger partial charge in [0.15, 0.2) is 4.34 Å². The number of anilines is 1. The Labute approximate surface area is 174 Å². The molecule has 1 saturated carbocycles. The molecule has 1 fully saturated rings. The first-order chi connectivity index (χ1) is 13.6. The minimum Gasteiger partial charge on any atom is -0.342 e. The molecule has 0 aliphatic heterocycles. The van der Waals surface area contributed by atoms with Crippen LogP contribution in [0.1, 0.15) is 50.8 Å². The topological polar surface area (TPSA) is 66.4 Å². The SMILES string of the molecule is CCC(=O)N(c1nnc(SC(C(=O)N(CC)CC)c2ccccc2)s1)C1CC1. The predicted octanol–water partition coefficient (Wildman–Crippen LogP) is 4.15. The molecule has 28 heavy (non-hydrogen) atoms. The van der Waals surface area contributed by atoms with Crippen LogP contribution in [0.15, 0.2) is 34.7 Å². The second-order valence-corrected chi connectivity index (χ2v) is 8.93. The van der Waals surface area contributed by atoms with Crippen molar-refractivity contribution in [1.82, 2.24) is 15.1 Å². The van der Waals surface area contributed by atoms with Crippen molar-refractivity contribution < 1.29 is 9.59 Å². The largest absolute Gasteiger partial charge is 0.342 e. The van der Waals surface area contributed by atoms with Gasteiger partial charge >= 0.3 is 0 Å². The van der Waals surface area contributed by atoms with Gasteiger partial charge in [0.25, 0.3) is 0 Å². The third-order valence-electron chi connectivity index (χ3n) is 4.71. The van der Waals surface area contributed by atoms with E-state index in [1.165, 1.54) is 23.1 Å². The van der Waals surface area contributed by atoms with Gasteiger partial charge in [-0.1, -0.05) is 60.4 Å². The zero-order valence-corrected chi connectivity index (χ0v) is 18.1. The number of likely N-dealkylation sites (N-methyl/N-ethyl adjacent to an activating group) is 1. The summed E-state index contributed by atoms with van der Waals surface area (Å²) in [5, 5.41) is 8.82. The van der Waals surface area contributed by atoms with E-state index in [0.717, 1.165) is 18.4 Å². The molecule has 0 bridgehead atoms. The summed E-state index contributed by atoms with van der Waals surface area (Å²) in [5.74, 6) is 0.149. The van der Waals surface area contributed by atoms with Crippen LogP contribution in [-0.2, 0) is 9.59 Å². The molecule has 8 heteroatoms. The van der Waals surface area contributed by atoms with E-state index in [1.807, 2.05) is 56.0 Å². The lowest BCUT2D eigenvalue weighted by molar-refractivity contribution is -0.130. The van der Waals surface area contributed by atoms with Gasteiger partial charge in [-0.25, -0.2) is 0 Å². The molecule has 0 saturated heterocycles. The maximum atomic E-state index is 13.1.